The van der Waals surface area contributed by atoms with Crippen molar-refractivity contribution in [1.82, 2.24) is 30.4 Å². The number of nitrogens with one attached hydrogen (secondary N) is 1. The van der Waals surface area contributed by atoms with Crippen LogP contribution in [0.1, 0.15) is 37.3 Å². The summed E-state index contributed by atoms with van der Waals surface area (Å²) in [5.41, 5.74) is 0.304. The van der Waals surface area contributed by atoms with Gasteiger partial charge in [0.15, 0.2) is 0 Å². The molecular weight excluding hydrogens is 496 g/mol. The minimum absolute atomic E-state index is 0.162. The van der Waals surface area contributed by atoms with Gasteiger partial charge in [0.2, 0.25) is 17.6 Å². The molecule has 0 unspecified atom stereocenters. The third-order valence-corrected chi connectivity index (χ3v) is 6.99. The Kier molecular flexibility index (Phi) is 7.80. The van der Waals surface area contributed by atoms with E-state index in [9.17, 15) is 9.59 Å². The van der Waals surface area contributed by atoms with E-state index in [0.29, 0.717) is 11.6 Å². The molecule has 1 N–H and O–H groups in total. The van der Waals surface area contributed by atoms with Crippen molar-refractivity contribution in [2.45, 2.75) is 45.4 Å². The van der Waals surface area contributed by atoms with Gasteiger partial charge in [-0.2, -0.15) is 4.80 Å². The van der Waals surface area contributed by atoms with E-state index in [-0.39, 0.29) is 24.9 Å². The van der Waals surface area contributed by atoms with E-state index in [4.69, 9.17) is 4.74 Å². The molecule has 1 atom stereocenters. The van der Waals surface area contributed by atoms with Crippen molar-refractivity contribution in [1.29, 1.82) is 0 Å². The van der Waals surface area contributed by atoms with Crippen molar-refractivity contribution >= 4 is 34.5 Å². The number of ether oxygens (including phenoxy) is 1. The van der Waals surface area contributed by atoms with Gasteiger partial charge in [0.1, 0.15) is 18.3 Å². The zero-order chi connectivity index (χ0) is 25.7. The van der Waals surface area contributed by atoms with E-state index in [1.54, 1.807) is 12.0 Å². The number of aromatic nitrogens is 4. The Morgan fingerprint density at radius 2 is 1.83 bits per heavy atom. The molecule has 3 aromatic heterocycles. The maximum absolute atomic E-state index is 13.8. The van der Waals surface area contributed by atoms with Crippen LogP contribution in [0.4, 0.5) is 0 Å². The number of nitrogens with zero attached hydrogens (tertiary/aromatic N) is 5. The molecule has 4 aromatic rings. The van der Waals surface area contributed by atoms with E-state index in [2.05, 4.69) is 20.7 Å². The Balaban J connectivity index is 1.69. The zero-order valence-electron chi connectivity index (χ0n) is 20.5. The number of methoxy groups -OCH3 is 1. The highest BCUT2D eigenvalue weighted by Crippen LogP contribution is 2.30. The van der Waals surface area contributed by atoms with Crippen LogP contribution >= 0.6 is 22.7 Å². The van der Waals surface area contributed by atoms with Crippen LogP contribution in [0.25, 0.3) is 10.7 Å². The van der Waals surface area contributed by atoms with Crippen LogP contribution in [0.3, 0.4) is 0 Å². The summed E-state index contributed by atoms with van der Waals surface area (Å²) in [4.78, 5) is 31.8. The molecule has 0 radical (unpaired) electrons. The molecule has 0 aliphatic rings. The monoisotopic (exact) mass is 524 g/mol. The summed E-state index contributed by atoms with van der Waals surface area (Å²) in [5, 5.41) is 19.4. The fourth-order valence-corrected chi connectivity index (χ4v) is 5.16. The molecule has 0 spiro atoms. The first-order valence-electron chi connectivity index (χ1n) is 11.3. The zero-order valence-corrected chi connectivity index (χ0v) is 22.2. The predicted molar refractivity (Wildman–Crippen MR) is 140 cm³/mol. The third kappa shape index (κ3) is 6.16. The standard InChI is InChI=1S/C25H28N6O3S2/c1-25(2,3)26-24(33)22(19-11-7-13-35-19)30(15-17-9-5-6-10-18(17)34-4)21(32)16-31-28-23(27-29-31)20-12-8-14-36-20/h5-14,22H,15-16H2,1-4H3,(H,26,33)/t22-/m1/s1. The van der Waals surface area contributed by atoms with Crippen LogP contribution in [0.5, 0.6) is 5.75 Å². The van der Waals surface area contributed by atoms with Gasteiger partial charge in [-0.25, -0.2) is 0 Å². The van der Waals surface area contributed by atoms with Gasteiger partial charge in [0.05, 0.1) is 18.5 Å². The number of hydrogen-bond acceptors (Lipinski definition) is 8. The number of hydrogen-bond donors (Lipinski definition) is 1. The lowest BCUT2D eigenvalue weighted by Gasteiger charge is -2.33. The highest BCUT2D eigenvalue weighted by molar-refractivity contribution is 7.13. The van der Waals surface area contributed by atoms with Crippen LogP contribution in [0, 0.1) is 0 Å². The van der Waals surface area contributed by atoms with Crippen LogP contribution in [0.2, 0.25) is 0 Å². The lowest BCUT2D eigenvalue weighted by atomic mass is 10.1. The molecular formula is C25H28N6O3S2. The molecule has 0 fully saturated rings. The van der Waals surface area contributed by atoms with Crippen molar-refractivity contribution in [3.63, 3.8) is 0 Å². The van der Waals surface area contributed by atoms with E-state index < -0.39 is 11.6 Å². The second-order valence-electron chi connectivity index (χ2n) is 9.11. The molecule has 0 saturated carbocycles. The summed E-state index contributed by atoms with van der Waals surface area (Å²) in [5.74, 6) is 0.502. The second-order valence-corrected chi connectivity index (χ2v) is 11.0. The Morgan fingerprint density at radius 3 is 2.50 bits per heavy atom. The number of amides is 2. The predicted octanol–water partition coefficient (Wildman–Crippen LogP) is 4.16. The third-order valence-electron chi connectivity index (χ3n) is 5.20. The van der Waals surface area contributed by atoms with E-state index in [0.717, 1.165) is 15.3 Å². The summed E-state index contributed by atoms with van der Waals surface area (Å²) in [7, 11) is 1.58. The van der Waals surface area contributed by atoms with Gasteiger partial charge in [-0.05, 0) is 54.9 Å². The van der Waals surface area contributed by atoms with Gasteiger partial charge in [-0.15, -0.1) is 32.9 Å². The SMILES string of the molecule is COc1ccccc1CN(C(=O)Cn1nnc(-c2cccs2)n1)[C@@H](C(=O)NC(C)(C)C)c1cccs1. The number of carbonyl (C=O) groups excluding carboxylic acids is 2. The Morgan fingerprint density at radius 1 is 1.08 bits per heavy atom. The first-order valence-corrected chi connectivity index (χ1v) is 13.1. The number of tetrazole rings is 1. The maximum atomic E-state index is 13.8. The summed E-state index contributed by atoms with van der Waals surface area (Å²) in [6.45, 7) is 5.73. The topological polar surface area (TPSA) is 102 Å². The molecule has 3 heterocycles. The second kappa shape index (κ2) is 11.0. The molecule has 0 saturated heterocycles. The molecule has 0 aliphatic heterocycles. The van der Waals surface area contributed by atoms with Crippen LogP contribution in [-0.4, -0.2) is 49.6 Å². The largest absolute Gasteiger partial charge is 0.496 e. The summed E-state index contributed by atoms with van der Waals surface area (Å²) < 4.78 is 5.53. The van der Waals surface area contributed by atoms with Crippen LogP contribution in [0.15, 0.2) is 59.3 Å². The van der Waals surface area contributed by atoms with Gasteiger partial charge in [-0.1, -0.05) is 30.3 Å². The molecule has 2 amide bonds. The van der Waals surface area contributed by atoms with Crippen molar-refractivity contribution < 1.29 is 14.3 Å². The smallest absolute Gasteiger partial charge is 0.248 e. The minimum Gasteiger partial charge on any atom is -0.496 e. The minimum atomic E-state index is -0.845. The van der Waals surface area contributed by atoms with Crippen molar-refractivity contribution in [3.05, 3.63) is 69.7 Å². The summed E-state index contributed by atoms with van der Waals surface area (Å²) in [6.07, 6.45) is 0. The van der Waals surface area contributed by atoms with E-state index >= 15 is 0 Å². The summed E-state index contributed by atoms with van der Waals surface area (Å²) >= 11 is 2.92. The van der Waals surface area contributed by atoms with Gasteiger partial charge in [-0.3, -0.25) is 9.59 Å². The highest BCUT2D eigenvalue weighted by atomic mass is 32.1. The van der Waals surface area contributed by atoms with Crippen molar-refractivity contribution in [2.24, 2.45) is 0 Å². The van der Waals surface area contributed by atoms with Gasteiger partial charge in [0.25, 0.3) is 0 Å². The van der Waals surface area contributed by atoms with Crippen LogP contribution in [-0.2, 0) is 22.7 Å². The van der Waals surface area contributed by atoms with Crippen LogP contribution < -0.4 is 10.1 Å². The van der Waals surface area contributed by atoms with Gasteiger partial charge < -0.3 is 15.0 Å². The Bertz CT molecular complexity index is 1300. The van der Waals surface area contributed by atoms with E-state index in [1.165, 1.54) is 27.5 Å². The highest BCUT2D eigenvalue weighted by Gasteiger charge is 2.35. The molecule has 0 bridgehead atoms. The molecule has 36 heavy (non-hydrogen) atoms. The first kappa shape index (κ1) is 25.5. The van der Waals surface area contributed by atoms with Crippen molar-refractivity contribution in [3.8, 4) is 16.5 Å². The molecule has 11 heteroatoms. The van der Waals surface area contributed by atoms with Crippen molar-refractivity contribution in [2.75, 3.05) is 7.11 Å². The number of rotatable bonds is 9. The number of para-hydroxylation sites is 1. The molecule has 1 aromatic carbocycles. The Labute approximate surface area is 217 Å². The average molecular weight is 525 g/mol. The molecule has 9 nitrogen and oxygen atoms in total. The fourth-order valence-electron chi connectivity index (χ4n) is 3.68. The summed E-state index contributed by atoms with van der Waals surface area (Å²) in [6, 6.07) is 14.1. The Hall–Kier alpha value is -3.57. The first-order chi connectivity index (χ1) is 17.2. The quantitative estimate of drug-likeness (QED) is 0.353. The van der Waals surface area contributed by atoms with E-state index in [1.807, 2.05) is 80.1 Å². The molecule has 188 valence electrons. The number of carbonyl (C=O) groups is 2. The number of thiophene rings is 2. The lowest BCUT2D eigenvalue weighted by molar-refractivity contribution is -0.143. The average Bonchev–Trinajstić information content (AvgIpc) is 3.60. The van der Waals surface area contributed by atoms with Gasteiger partial charge in [0, 0.05) is 16.0 Å². The maximum Gasteiger partial charge on any atom is 0.248 e. The fraction of sp³-hybridized carbons (Fsp3) is 0.320. The molecule has 4 rings (SSSR count). The number of benzene rings is 1. The molecule has 0 aliphatic carbocycles. The lowest BCUT2D eigenvalue weighted by Crippen LogP contribution is -2.49. The van der Waals surface area contributed by atoms with Gasteiger partial charge >= 0.3 is 0 Å². The normalized spacial score (nSPS) is 12.2.